The van der Waals surface area contributed by atoms with Crippen LogP contribution in [0.4, 0.5) is 10.1 Å². The minimum Gasteiger partial charge on any atom is -0.326 e. The Morgan fingerprint density at radius 2 is 1.78 bits per heavy atom. The second kappa shape index (κ2) is 8.22. The maximum absolute atomic E-state index is 13.0. The summed E-state index contributed by atoms with van der Waals surface area (Å²) in [6, 6.07) is 13.2. The molecule has 0 saturated heterocycles. The Morgan fingerprint density at radius 1 is 1.04 bits per heavy atom. The monoisotopic (exact) mass is 313 g/mol. The highest BCUT2D eigenvalue weighted by molar-refractivity contribution is 6.00. The molecule has 0 aliphatic heterocycles. The SMILES string of the molecule is CCCc1ccc(C(=O)CCC(=O)Nc2cccc(F)c2)cc1. The molecule has 0 radical (unpaired) electrons. The van der Waals surface area contributed by atoms with Crippen LogP contribution in [-0.4, -0.2) is 11.7 Å². The van der Waals surface area contributed by atoms with Crippen LogP contribution in [0.5, 0.6) is 0 Å². The van der Waals surface area contributed by atoms with Gasteiger partial charge in [0.25, 0.3) is 0 Å². The van der Waals surface area contributed by atoms with E-state index in [1.807, 2.05) is 12.1 Å². The molecule has 0 heterocycles. The summed E-state index contributed by atoms with van der Waals surface area (Å²) in [5, 5.41) is 2.58. The van der Waals surface area contributed by atoms with Crippen LogP contribution in [0.1, 0.15) is 42.1 Å². The van der Waals surface area contributed by atoms with Gasteiger partial charge in [-0.25, -0.2) is 4.39 Å². The number of hydrogen-bond donors (Lipinski definition) is 1. The van der Waals surface area contributed by atoms with Gasteiger partial charge in [0.05, 0.1) is 0 Å². The van der Waals surface area contributed by atoms with E-state index in [-0.39, 0.29) is 24.5 Å². The molecular weight excluding hydrogens is 293 g/mol. The van der Waals surface area contributed by atoms with Gasteiger partial charge in [-0.1, -0.05) is 43.7 Å². The summed E-state index contributed by atoms with van der Waals surface area (Å²) >= 11 is 0. The number of anilines is 1. The number of hydrogen-bond acceptors (Lipinski definition) is 2. The molecule has 2 rings (SSSR count). The molecule has 3 nitrogen and oxygen atoms in total. The van der Waals surface area contributed by atoms with Crippen molar-refractivity contribution in [2.75, 3.05) is 5.32 Å². The number of carbonyl (C=O) groups is 2. The van der Waals surface area contributed by atoms with Gasteiger partial charge < -0.3 is 5.32 Å². The van der Waals surface area contributed by atoms with Crippen molar-refractivity contribution in [3.05, 3.63) is 65.5 Å². The van der Waals surface area contributed by atoms with E-state index < -0.39 is 5.82 Å². The minimum atomic E-state index is -0.411. The van der Waals surface area contributed by atoms with Gasteiger partial charge in [-0.3, -0.25) is 9.59 Å². The normalized spacial score (nSPS) is 10.3. The largest absolute Gasteiger partial charge is 0.326 e. The van der Waals surface area contributed by atoms with Crippen LogP contribution < -0.4 is 5.32 Å². The van der Waals surface area contributed by atoms with Crippen LogP contribution in [0.2, 0.25) is 0 Å². The van der Waals surface area contributed by atoms with Crippen molar-refractivity contribution in [3.8, 4) is 0 Å². The smallest absolute Gasteiger partial charge is 0.224 e. The van der Waals surface area contributed by atoms with Crippen LogP contribution in [0.15, 0.2) is 48.5 Å². The van der Waals surface area contributed by atoms with Gasteiger partial charge in [-0.2, -0.15) is 0 Å². The fourth-order valence-corrected chi connectivity index (χ4v) is 2.31. The molecular formula is C19H20FNO2. The van der Waals surface area contributed by atoms with E-state index in [0.29, 0.717) is 11.3 Å². The lowest BCUT2D eigenvalue weighted by Crippen LogP contribution is -2.13. The lowest BCUT2D eigenvalue weighted by Gasteiger charge is -2.06. The van der Waals surface area contributed by atoms with Gasteiger partial charge in [-0.05, 0) is 30.2 Å². The number of Topliss-reactive ketones (excluding diaryl/α,β-unsaturated/α-hetero) is 1. The molecule has 23 heavy (non-hydrogen) atoms. The summed E-state index contributed by atoms with van der Waals surface area (Å²) in [5.74, 6) is -0.778. The topological polar surface area (TPSA) is 46.2 Å². The Balaban J connectivity index is 1.84. The average Bonchev–Trinajstić information content (AvgIpc) is 2.54. The van der Waals surface area contributed by atoms with Gasteiger partial charge in [0.2, 0.25) is 5.91 Å². The highest BCUT2D eigenvalue weighted by atomic mass is 19.1. The zero-order valence-corrected chi connectivity index (χ0v) is 13.1. The molecule has 0 atom stereocenters. The molecule has 0 aromatic heterocycles. The third-order valence-electron chi connectivity index (χ3n) is 3.50. The van der Waals surface area contributed by atoms with E-state index >= 15 is 0 Å². The number of nitrogens with one attached hydrogen (secondary N) is 1. The van der Waals surface area contributed by atoms with E-state index in [1.165, 1.54) is 23.8 Å². The number of rotatable bonds is 7. The first-order valence-corrected chi connectivity index (χ1v) is 7.76. The molecule has 4 heteroatoms. The van der Waals surface area contributed by atoms with Crippen molar-refractivity contribution in [2.45, 2.75) is 32.6 Å². The zero-order valence-electron chi connectivity index (χ0n) is 13.1. The zero-order chi connectivity index (χ0) is 16.7. The first kappa shape index (κ1) is 16.9. The lowest BCUT2D eigenvalue weighted by atomic mass is 10.0. The summed E-state index contributed by atoms with van der Waals surface area (Å²) in [6.45, 7) is 2.11. The van der Waals surface area contributed by atoms with E-state index in [9.17, 15) is 14.0 Å². The van der Waals surface area contributed by atoms with Gasteiger partial charge in [-0.15, -0.1) is 0 Å². The lowest BCUT2D eigenvalue weighted by molar-refractivity contribution is -0.116. The van der Waals surface area contributed by atoms with Crippen molar-refractivity contribution in [1.82, 2.24) is 0 Å². The summed E-state index contributed by atoms with van der Waals surface area (Å²) < 4.78 is 13.0. The Bertz CT molecular complexity index is 680. The molecule has 0 aliphatic carbocycles. The Labute approximate surface area is 135 Å². The number of halogens is 1. The second-order valence-corrected chi connectivity index (χ2v) is 5.43. The van der Waals surface area contributed by atoms with Gasteiger partial charge >= 0.3 is 0 Å². The molecule has 0 spiro atoms. The van der Waals surface area contributed by atoms with Crippen molar-refractivity contribution in [3.63, 3.8) is 0 Å². The fraction of sp³-hybridized carbons (Fsp3) is 0.263. The summed E-state index contributed by atoms with van der Waals surface area (Å²) in [7, 11) is 0. The number of amides is 1. The second-order valence-electron chi connectivity index (χ2n) is 5.43. The Kier molecular flexibility index (Phi) is 6.03. The fourth-order valence-electron chi connectivity index (χ4n) is 2.31. The van der Waals surface area contributed by atoms with Crippen LogP contribution >= 0.6 is 0 Å². The van der Waals surface area contributed by atoms with Crippen LogP contribution in [-0.2, 0) is 11.2 Å². The quantitative estimate of drug-likeness (QED) is 0.771. The highest BCUT2D eigenvalue weighted by Crippen LogP contribution is 2.12. The van der Waals surface area contributed by atoms with Gasteiger partial charge in [0.15, 0.2) is 5.78 Å². The Hall–Kier alpha value is -2.49. The van der Waals surface area contributed by atoms with Gasteiger partial charge in [0.1, 0.15) is 5.82 Å². The molecule has 1 amide bonds. The van der Waals surface area contributed by atoms with Crippen LogP contribution in [0.3, 0.4) is 0 Å². The first-order valence-electron chi connectivity index (χ1n) is 7.76. The molecule has 0 aliphatic rings. The molecule has 0 bridgehead atoms. The van der Waals surface area contributed by atoms with Crippen LogP contribution in [0, 0.1) is 5.82 Å². The number of ketones is 1. The molecule has 120 valence electrons. The van der Waals surface area contributed by atoms with Gasteiger partial charge in [0, 0.05) is 24.1 Å². The number of carbonyl (C=O) groups excluding carboxylic acids is 2. The maximum atomic E-state index is 13.0. The van der Waals surface area contributed by atoms with Crippen molar-refractivity contribution in [1.29, 1.82) is 0 Å². The van der Waals surface area contributed by atoms with E-state index in [0.717, 1.165) is 12.8 Å². The van der Waals surface area contributed by atoms with E-state index in [4.69, 9.17) is 0 Å². The molecule has 2 aromatic rings. The summed E-state index contributed by atoms with van der Waals surface area (Å²) in [4.78, 5) is 23.9. The Morgan fingerprint density at radius 3 is 2.43 bits per heavy atom. The predicted molar refractivity (Wildman–Crippen MR) is 89.0 cm³/mol. The molecule has 0 fully saturated rings. The standard InChI is InChI=1S/C19H20FNO2/c1-2-4-14-7-9-15(10-8-14)18(22)11-12-19(23)21-17-6-3-5-16(20)13-17/h3,5-10,13H,2,4,11-12H2,1H3,(H,21,23). The van der Waals surface area contributed by atoms with Crippen molar-refractivity contribution < 1.29 is 14.0 Å². The van der Waals surface area contributed by atoms with E-state index in [1.54, 1.807) is 18.2 Å². The highest BCUT2D eigenvalue weighted by Gasteiger charge is 2.10. The molecule has 1 N–H and O–H groups in total. The predicted octanol–water partition coefficient (Wildman–Crippen LogP) is 4.38. The van der Waals surface area contributed by atoms with Crippen molar-refractivity contribution in [2.24, 2.45) is 0 Å². The molecule has 0 unspecified atom stereocenters. The third-order valence-corrected chi connectivity index (χ3v) is 3.50. The molecule has 2 aromatic carbocycles. The van der Waals surface area contributed by atoms with E-state index in [2.05, 4.69) is 12.2 Å². The summed E-state index contributed by atoms with van der Waals surface area (Å²) in [5.41, 5.74) is 2.21. The number of benzene rings is 2. The number of aryl methyl sites for hydroxylation is 1. The summed E-state index contributed by atoms with van der Waals surface area (Å²) in [6.07, 6.45) is 2.26. The molecule has 0 saturated carbocycles. The first-order chi connectivity index (χ1) is 11.1. The maximum Gasteiger partial charge on any atom is 0.224 e. The average molecular weight is 313 g/mol. The van der Waals surface area contributed by atoms with Crippen molar-refractivity contribution >= 4 is 17.4 Å². The minimum absolute atomic E-state index is 0.0672. The van der Waals surface area contributed by atoms with Crippen LogP contribution in [0.25, 0.3) is 0 Å². The third kappa shape index (κ3) is 5.33.